The summed E-state index contributed by atoms with van der Waals surface area (Å²) in [6.07, 6.45) is -1.12. The lowest BCUT2D eigenvalue weighted by molar-refractivity contribution is 0.184. The maximum Gasteiger partial charge on any atom is 0.411 e. The highest BCUT2D eigenvalue weighted by Crippen LogP contribution is 2.29. The molecule has 0 spiro atoms. The maximum absolute atomic E-state index is 11.2. The Hall–Kier alpha value is -2.37. The SMILES string of the molecule is CCNC(=NCc1ccc(NC(=O)OC)cc1)NCC(O)c1cc2ccccc2s1.I. The van der Waals surface area contributed by atoms with Gasteiger partial charge in [0.05, 0.1) is 13.7 Å². The highest BCUT2D eigenvalue weighted by atomic mass is 127. The quantitative estimate of drug-likeness (QED) is 0.196. The number of methoxy groups -OCH3 is 1. The van der Waals surface area contributed by atoms with Crippen molar-refractivity contribution < 1.29 is 14.6 Å². The zero-order chi connectivity index (χ0) is 21.3. The molecule has 31 heavy (non-hydrogen) atoms. The van der Waals surface area contributed by atoms with E-state index in [1.54, 1.807) is 23.5 Å². The van der Waals surface area contributed by atoms with E-state index in [0.29, 0.717) is 31.3 Å². The molecule has 0 saturated carbocycles. The van der Waals surface area contributed by atoms with Crippen molar-refractivity contribution in [2.24, 2.45) is 4.99 Å². The second kappa shape index (κ2) is 12.5. The summed E-state index contributed by atoms with van der Waals surface area (Å²) in [6.45, 7) is 3.53. The number of halogens is 1. The minimum atomic E-state index is -0.616. The molecule has 3 aromatic rings. The van der Waals surface area contributed by atoms with Gasteiger partial charge in [-0.3, -0.25) is 5.32 Å². The molecule has 166 valence electrons. The maximum atomic E-state index is 11.2. The fourth-order valence-corrected chi connectivity index (χ4v) is 3.89. The number of nitrogens with one attached hydrogen (secondary N) is 3. The summed E-state index contributed by atoms with van der Waals surface area (Å²) < 4.78 is 5.74. The normalized spacial score (nSPS) is 12.0. The molecule has 0 bridgehead atoms. The van der Waals surface area contributed by atoms with Crippen LogP contribution in [0, 0.1) is 0 Å². The van der Waals surface area contributed by atoms with Gasteiger partial charge in [-0.2, -0.15) is 0 Å². The molecule has 0 radical (unpaired) electrons. The molecule has 1 atom stereocenters. The number of amides is 1. The molecule has 4 N–H and O–H groups in total. The molecule has 0 aliphatic carbocycles. The number of fused-ring (bicyclic) bond motifs is 1. The Morgan fingerprint density at radius 3 is 2.58 bits per heavy atom. The van der Waals surface area contributed by atoms with Crippen LogP contribution in [0.25, 0.3) is 10.1 Å². The van der Waals surface area contributed by atoms with Crippen LogP contribution in [0.4, 0.5) is 10.5 Å². The Morgan fingerprint density at radius 1 is 1.16 bits per heavy atom. The highest BCUT2D eigenvalue weighted by molar-refractivity contribution is 14.0. The van der Waals surface area contributed by atoms with Gasteiger partial charge in [-0.25, -0.2) is 9.79 Å². The molecule has 0 saturated heterocycles. The number of thiophene rings is 1. The van der Waals surface area contributed by atoms with Crippen LogP contribution in [0.2, 0.25) is 0 Å². The molecule has 2 aromatic carbocycles. The van der Waals surface area contributed by atoms with Gasteiger partial charge in [-0.1, -0.05) is 30.3 Å². The lowest BCUT2D eigenvalue weighted by Crippen LogP contribution is -2.39. The zero-order valence-electron chi connectivity index (χ0n) is 17.4. The number of nitrogens with zero attached hydrogens (tertiary/aromatic N) is 1. The van der Waals surface area contributed by atoms with Crippen LogP contribution in [0.3, 0.4) is 0 Å². The number of anilines is 1. The van der Waals surface area contributed by atoms with Crippen molar-refractivity contribution >= 4 is 63.1 Å². The molecule has 0 fully saturated rings. The predicted octanol–water partition coefficient (Wildman–Crippen LogP) is 4.49. The van der Waals surface area contributed by atoms with Gasteiger partial charge < -0.3 is 20.5 Å². The van der Waals surface area contributed by atoms with Gasteiger partial charge in [0.25, 0.3) is 0 Å². The summed E-state index contributed by atoms with van der Waals surface area (Å²) >= 11 is 1.60. The van der Waals surface area contributed by atoms with Gasteiger partial charge in [0, 0.05) is 28.4 Å². The number of aliphatic hydroxyl groups excluding tert-OH is 1. The number of guanidine groups is 1. The number of carbonyl (C=O) groups is 1. The van der Waals surface area contributed by atoms with Gasteiger partial charge in [0.15, 0.2) is 5.96 Å². The van der Waals surface area contributed by atoms with Crippen LogP contribution in [0.15, 0.2) is 59.6 Å². The van der Waals surface area contributed by atoms with Gasteiger partial charge >= 0.3 is 6.09 Å². The second-order valence-electron chi connectivity index (χ2n) is 6.59. The molecular formula is C22H27IN4O3S. The number of aliphatic imine (C=N–C) groups is 1. The number of hydrogen-bond acceptors (Lipinski definition) is 5. The van der Waals surface area contributed by atoms with E-state index in [0.717, 1.165) is 20.5 Å². The number of hydrogen-bond donors (Lipinski definition) is 4. The summed E-state index contributed by atoms with van der Waals surface area (Å²) in [5, 5.41) is 20.7. The van der Waals surface area contributed by atoms with E-state index in [2.05, 4.69) is 31.7 Å². The summed E-state index contributed by atoms with van der Waals surface area (Å²) in [5.41, 5.74) is 1.65. The van der Waals surface area contributed by atoms with E-state index in [-0.39, 0.29) is 24.0 Å². The van der Waals surface area contributed by atoms with Crippen LogP contribution in [-0.4, -0.2) is 37.4 Å². The first kappa shape index (κ1) is 24.9. The van der Waals surface area contributed by atoms with Crippen LogP contribution >= 0.6 is 35.3 Å². The standard InChI is InChI=1S/C22H26N4O3S.HI/c1-3-23-21(24-13-15-8-10-17(11-9-15)26-22(28)29-2)25-14-18(27)20-12-16-6-4-5-7-19(16)30-20;/h4-12,18,27H,3,13-14H2,1-2H3,(H,26,28)(H2,23,24,25);1H. The molecule has 0 aliphatic rings. The summed E-state index contributed by atoms with van der Waals surface area (Å²) in [5.74, 6) is 0.634. The third-order valence-electron chi connectivity index (χ3n) is 4.39. The van der Waals surface area contributed by atoms with E-state index < -0.39 is 12.2 Å². The van der Waals surface area contributed by atoms with Gasteiger partial charge in [-0.05, 0) is 42.1 Å². The average Bonchev–Trinajstić information content (AvgIpc) is 3.21. The lowest BCUT2D eigenvalue weighted by atomic mass is 10.2. The van der Waals surface area contributed by atoms with Gasteiger partial charge in [0.1, 0.15) is 6.10 Å². The predicted molar refractivity (Wildman–Crippen MR) is 137 cm³/mol. The fourth-order valence-electron chi connectivity index (χ4n) is 2.84. The number of rotatable bonds is 7. The first-order valence-electron chi connectivity index (χ1n) is 9.71. The first-order valence-corrected chi connectivity index (χ1v) is 10.5. The van der Waals surface area contributed by atoms with Crippen molar-refractivity contribution in [2.45, 2.75) is 19.6 Å². The monoisotopic (exact) mass is 554 g/mol. The van der Waals surface area contributed by atoms with Crippen molar-refractivity contribution in [3.05, 3.63) is 65.0 Å². The van der Waals surface area contributed by atoms with Gasteiger partial charge in [0.2, 0.25) is 0 Å². The second-order valence-corrected chi connectivity index (χ2v) is 7.71. The van der Waals surface area contributed by atoms with Crippen molar-refractivity contribution in [1.82, 2.24) is 10.6 Å². The zero-order valence-corrected chi connectivity index (χ0v) is 20.6. The first-order chi connectivity index (χ1) is 14.6. The topological polar surface area (TPSA) is 95.0 Å². The average molecular weight is 554 g/mol. The third kappa shape index (κ3) is 7.37. The summed E-state index contributed by atoms with van der Waals surface area (Å²) in [7, 11) is 1.32. The van der Waals surface area contributed by atoms with Crippen molar-refractivity contribution in [2.75, 3.05) is 25.5 Å². The number of carbonyl (C=O) groups excluding carboxylic acids is 1. The van der Waals surface area contributed by atoms with Crippen LogP contribution in [0.5, 0.6) is 0 Å². The van der Waals surface area contributed by atoms with Crippen molar-refractivity contribution in [3.8, 4) is 0 Å². The van der Waals surface area contributed by atoms with Crippen molar-refractivity contribution in [3.63, 3.8) is 0 Å². The lowest BCUT2D eigenvalue weighted by Gasteiger charge is -2.14. The molecule has 3 rings (SSSR count). The molecule has 9 heteroatoms. The smallest absolute Gasteiger partial charge is 0.411 e. The van der Waals surface area contributed by atoms with E-state index >= 15 is 0 Å². The Kier molecular flexibility index (Phi) is 10.0. The van der Waals surface area contributed by atoms with Crippen molar-refractivity contribution in [1.29, 1.82) is 0 Å². The van der Waals surface area contributed by atoms with E-state index in [4.69, 9.17) is 0 Å². The number of ether oxygens (including phenoxy) is 1. The Morgan fingerprint density at radius 2 is 1.90 bits per heavy atom. The highest BCUT2D eigenvalue weighted by Gasteiger charge is 2.12. The number of aliphatic hydroxyl groups is 1. The molecule has 7 nitrogen and oxygen atoms in total. The van der Waals surface area contributed by atoms with Gasteiger partial charge in [-0.15, -0.1) is 35.3 Å². The summed E-state index contributed by atoms with van der Waals surface area (Å²) in [4.78, 5) is 16.7. The third-order valence-corrected chi connectivity index (χ3v) is 5.60. The minimum absolute atomic E-state index is 0. The Balaban J connectivity index is 0.00000341. The van der Waals surface area contributed by atoms with E-state index in [9.17, 15) is 9.90 Å². The molecular weight excluding hydrogens is 527 g/mol. The molecule has 1 amide bonds. The minimum Gasteiger partial charge on any atom is -0.453 e. The van der Waals surface area contributed by atoms with Crippen LogP contribution in [-0.2, 0) is 11.3 Å². The molecule has 1 heterocycles. The number of benzene rings is 2. The molecule has 1 unspecified atom stereocenters. The van der Waals surface area contributed by atoms with E-state index in [1.165, 1.54) is 7.11 Å². The Labute approximate surface area is 202 Å². The Bertz CT molecular complexity index is 974. The van der Waals surface area contributed by atoms with Crippen LogP contribution < -0.4 is 16.0 Å². The van der Waals surface area contributed by atoms with Crippen LogP contribution in [0.1, 0.15) is 23.5 Å². The van der Waals surface area contributed by atoms with E-state index in [1.807, 2.05) is 43.3 Å². The largest absolute Gasteiger partial charge is 0.453 e. The molecule has 1 aromatic heterocycles. The summed E-state index contributed by atoms with van der Waals surface area (Å²) in [6, 6.07) is 17.5. The fraction of sp³-hybridized carbons (Fsp3) is 0.273. The molecule has 0 aliphatic heterocycles.